The zero-order valence-electron chi connectivity index (χ0n) is 12.5. The van der Waals surface area contributed by atoms with Gasteiger partial charge in [-0.1, -0.05) is 26.0 Å². The molecule has 4 nitrogen and oxygen atoms in total. The number of hydrogen-bond acceptors (Lipinski definition) is 3. The van der Waals surface area contributed by atoms with E-state index in [1.807, 2.05) is 12.1 Å². The Morgan fingerprint density at radius 3 is 2.85 bits per heavy atom. The molecule has 1 heterocycles. The molecule has 1 aliphatic heterocycles. The first-order chi connectivity index (χ1) is 9.72. The predicted octanol–water partition coefficient (Wildman–Crippen LogP) is 2.22. The van der Waals surface area contributed by atoms with Crippen LogP contribution < -0.4 is 10.6 Å². The summed E-state index contributed by atoms with van der Waals surface area (Å²) < 4.78 is 0. The second kappa shape index (κ2) is 7.41. The Bertz CT molecular complexity index is 437. The Morgan fingerprint density at radius 2 is 2.20 bits per heavy atom. The van der Waals surface area contributed by atoms with E-state index in [0.717, 1.165) is 44.7 Å². The Labute approximate surface area is 121 Å². The molecule has 0 unspecified atom stereocenters. The van der Waals surface area contributed by atoms with E-state index < -0.39 is 0 Å². The minimum atomic E-state index is -0.0264. The number of amides is 1. The van der Waals surface area contributed by atoms with Gasteiger partial charge in [0, 0.05) is 12.2 Å². The third-order valence-electron chi connectivity index (χ3n) is 3.87. The van der Waals surface area contributed by atoms with Crippen LogP contribution in [0, 0.1) is 0 Å². The van der Waals surface area contributed by atoms with Crippen molar-refractivity contribution in [3.05, 3.63) is 29.8 Å². The summed E-state index contributed by atoms with van der Waals surface area (Å²) in [5, 5.41) is 6.23. The van der Waals surface area contributed by atoms with Gasteiger partial charge >= 0.3 is 0 Å². The molecule has 0 spiro atoms. The molecule has 0 aliphatic carbocycles. The third kappa shape index (κ3) is 4.05. The van der Waals surface area contributed by atoms with Gasteiger partial charge in [-0.2, -0.15) is 0 Å². The van der Waals surface area contributed by atoms with Crippen molar-refractivity contribution in [2.24, 2.45) is 0 Å². The molecule has 2 rings (SSSR count). The van der Waals surface area contributed by atoms with Gasteiger partial charge in [-0.05, 0) is 50.2 Å². The van der Waals surface area contributed by atoms with Gasteiger partial charge in [0.25, 0.3) is 0 Å². The van der Waals surface area contributed by atoms with Gasteiger partial charge in [-0.15, -0.1) is 0 Å². The maximum Gasteiger partial charge on any atom is 0.241 e. The van der Waals surface area contributed by atoms with Crippen molar-refractivity contribution in [3.63, 3.8) is 0 Å². The van der Waals surface area contributed by atoms with Crippen molar-refractivity contribution < 1.29 is 4.79 Å². The molecule has 0 saturated carbocycles. The molecular formula is C16H25N3O. The van der Waals surface area contributed by atoms with Crippen LogP contribution in [0.1, 0.15) is 32.3 Å². The minimum absolute atomic E-state index is 0.0264. The number of rotatable bonds is 6. The number of hydrogen-bond donors (Lipinski definition) is 2. The Morgan fingerprint density at radius 1 is 1.40 bits per heavy atom. The van der Waals surface area contributed by atoms with E-state index in [-0.39, 0.29) is 11.9 Å². The summed E-state index contributed by atoms with van der Waals surface area (Å²) >= 11 is 0. The smallest absolute Gasteiger partial charge is 0.241 e. The molecule has 1 fully saturated rings. The second-order valence-corrected chi connectivity index (χ2v) is 5.30. The summed E-state index contributed by atoms with van der Waals surface area (Å²) in [6.07, 6.45) is 2.02. The molecule has 4 heteroatoms. The van der Waals surface area contributed by atoms with E-state index >= 15 is 0 Å². The molecule has 0 bridgehead atoms. The van der Waals surface area contributed by atoms with Gasteiger partial charge < -0.3 is 10.6 Å². The van der Waals surface area contributed by atoms with Crippen molar-refractivity contribution >= 4 is 11.6 Å². The van der Waals surface area contributed by atoms with Crippen LogP contribution in [-0.4, -0.2) is 36.5 Å². The normalized spacial score (nSPS) is 18.4. The van der Waals surface area contributed by atoms with Crippen LogP contribution in [0.15, 0.2) is 24.3 Å². The van der Waals surface area contributed by atoms with Gasteiger partial charge in [-0.3, -0.25) is 9.69 Å². The molecule has 20 heavy (non-hydrogen) atoms. The lowest BCUT2D eigenvalue weighted by Gasteiger charge is -2.18. The topological polar surface area (TPSA) is 44.4 Å². The standard InChI is InChI=1S/C16H25N3O/c1-3-19(4-2)12-13-7-5-8-14(11-13)18-16(20)15-9-6-10-17-15/h5,7-8,11,15,17H,3-4,6,9-10,12H2,1-2H3,(H,18,20)/t15-/m0/s1. The molecule has 1 aliphatic rings. The molecule has 1 amide bonds. The van der Waals surface area contributed by atoms with Crippen molar-refractivity contribution in [1.82, 2.24) is 10.2 Å². The SMILES string of the molecule is CCN(CC)Cc1cccc(NC(=O)[C@@H]2CCCN2)c1. The maximum atomic E-state index is 12.1. The Hall–Kier alpha value is -1.39. The third-order valence-corrected chi connectivity index (χ3v) is 3.87. The molecule has 110 valence electrons. The summed E-state index contributed by atoms with van der Waals surface area (Å²) in [5.41, 5.74) is 2.14. The lowest BCUT2D eigenvalue weighted by Crippen LogP contribution is -2.35. The fourth-order valence-electron chi connectivity index (χ4n) is 2.59. The average Bonchev–Trinajstić information content (AvgIpc) is 2.99. The molecule has 1 saturated heterocycles. The van der Waals surface area contributed by atoms with Gasteiger partial charge in [0.05, 0.1) is 6.04 Å². The fraction of sp³-hybridized carbons (Fsp3) is 0.562. The number of carbonyl (C=O) groups excluding carboxylic acids is 1. The fourth-order valence-corrected chi connectivity index (χ4v) is 2.59. The first-order valence-corrected chi connectivity index (χ1v) is 7.58. The van der Waals surface area contributed by atoms with Crippen molar-refractivity contribution in [3.8, 4) is 0 Å². The molecule has 1 aromatic rings. The summed E-state index contributed by atoms with van der Waals surface area (Å²) in [7, 11) is 0. The van der Waals surface area contributed by atoms with Crippen LogP contribution in [0.5, 0.6) is 0 Å². The Balaban J connectivity index is 1.96. The lowest BCUT2D eigenvalue weighted by atomic mass is 10.1. The van der Waals surface area contributed by atoms with Crippen LogP contribution in [0.3, 0.4) is 0 Å². The highest BCUT2D eigenvalue weighted by Crippen LogP contribution is 2.14. The second-order valence-electron chi connectivity index (χ2n) is 5.30. The van der Waals surface area contributed by atoms with Gasteiger partial charge in [0.1, 0.15) is 0 Å². The number of nitrogens with zero attached hydrogens (tertiary/aromatic N) is 1. The van der Waals surface area contributed by atoms with Crippen LogP contribution >= 0.6 is 0 Å². The molecule has 0 aromatic heterocycles. The average molecular weight is 275 g/mol. The highest BCUT2D eigenvalue weighted by molar-refractivity contribution is 5.95. The quantitative estimate of drug-likeness (QED) is 0.836. The van der Waals surface area contributed by atoms with Crippen LogP contribution in [0.25, 0.3) is 0 Å². The van der Waals surface area contributed by atoms with Crippen molar-refractivity contribution in [1.29, 1.82) is 0 Å². The van der Waals surface area contributed by atoms with Crippen LogP contribution in [-0.2, 0) is 11.3 Å². The van der Waals surface area contributed by atoms with Crippen LogP contribution in [0.2, 0.25) is 0 Å². The predicted molar refractivity (Wildman–Crippen MR) is 82.7 cm³/mol. The van der Waals surface area contributed by atoms with Crippen molar-refractivity contribution in [2.45, 2.75) is 39.3 Å². The molecule has 1 aromatic carbocycles. The maximum absolute atomic E-state index is 12.1. The highest BCUT2D eigenvalue weighted by Gasteiger charge is 2.21. The number of carbonyl (C=O) groups is 1. The zero-order chi connectivity index (χ0) is 14.4. The zero-order valence-corrected chi connectivity index (χ0v) is 12.5. The molecule has 2 N–H and O–H groups in total. The Kier molecular flexibility index (Phi) is 5.56. The van der Waals surface area contributed by atoms with Crippen molar-refractivity contribution in [2.75, 3.05) is 25.0 Å². The van der Waals surface area contributed by atoms with E-state index in [9.17, 15) is 4.79 Å². The van der Waals surface area contributed by atoms with E-state index in [4.69, 9.17) is 0 Å². The molecule has 0 radical (unpaired) electrons. The minimum Gasteiger partial charge on any atom is -0.325 e. The van der Waals surface area contributed by atoms with Crippen LogP contribution in [0.4, 0.5) is 5.69 Å². The highest BCUT2D eigenvalue weighted by atomic mass is 16.2. The van der Waals surface area contributed by atoms with E-state index in [0.29, 0.717) is 0 Å². The summed E-state index contributed by atoms with van der Waals surface area (Å²) in [6.45, 7) is 8.29. The van der Waals surface area contributed by atoms with Gasteiger partial charge in [0.2, 0.25) is 5.91 Å². The lowest BCUT2D eigenvalue weighted by molar-refractivity contribution is -0.117. The van der Waals surface area contributed by atoms with E-state index in [2.05, 4.69) is 41.5 Å². The summed E-state index contributed by atoms with van der Waals surface area (Å²) in [4.78, 5) is 14.4. The largest absolute Gasteiger partial charge is 0.325 e. The summed E-state index contributed by atoms with van der Waals surface area (Å²) in [6, 6.07) is 8.13. The molecule has 1 atom stereocenters. The number of benzene rings is 1. The molecular weight excluding hydrogens is 250 g/mol. The van der Waals surface area contributed by atoms with Gasteiger partial charge in [0.15, 0.2) is 0 Å². The van der Waals surface area contributed by atoms with E-state index in [1.54, 1.807) is 0 Å². The van der Waals surface area contributed by atoms with E-state index in [1.165, 1.54) is 5.56 Å². The first-order valence-electron chi connectivity index (χ1n) is 7.58. The number of anilines is 1. The van der Waals surface area contributed by atoms with Gasteiger partial charge in [-0.25, -0.2) is 0 Å². The number of nitrogens with one attached hydrogen (secondary N) is 2. The summed E-state index contributed by atoms with van der Waals surface area (Å²) in [5.74, 6) is 0.0856. The first kappa shape index (κ1) is 15.0. The monoisotopic (exact) mass is 275 g/mol.